The van der Waals surface area contributed by atoms with E-state index in [4.69, 9.17) is 10.8 Å². The first kappa shape index (κ1) is 19.4. The van der Waals surface area contributed by atoms with Crippen molar-refractivity contribution in [1.82, 2.24) is 5.32 Å². The highest BCUT2D eigenvalue weighted by Gasteiger charge is 2.20. The number of thiophene rings is 1. The predicted octanol–water partition coefficient (Wildman–Crippen LogP) is 3.02. The quantitative estimate of drug-likeness (QED) is 0.639. The van der Waals surface area contributed by atoms with Gasteiger partial charge in [-0.2, -0.15) is 0 Å². The molecular weight excluding hydrogens is 336 g/mol. The third-order valence-electron chi connectivity index (χ3n) is 4.17. The molecule has 0 aliphatic heterocycles. The van der Waals surface area contributed by atoms with Crippen molar-refractivity contribution in [2.24, 2.45) is 17.6 Å². The fourth-order valence-electron chi connectivity index (χ4n) is 3.05. The van der Waals surface area contributed by atoms with Crippen LogP contribution >= 0.6 is 11.3 Å². The molecule has 136 valence electrons. The fourth-order valence-corrected chi connectivity index (χ4v) is 4.02. The van der Waals surface area contributed by atoms with Gasteiger partial charge in [-0.3, -0.25) is 9.59 Å². The molecule has 1 aromatic carbocycles. The molecule has 4 N–H and O–H groups in total. The molecule has 2 rings (SSSR count). The average molecular weight is 362 g/mol. The number of hydrogen-bond donors (Lipinski definition) is 3. The summed E-state index contributed by atoms with van der Waals surface area (Å²) in [4.78, 5) is 23.3. The van der Waals surface area contributed by atoms with E-state index in [-0.39, 0.29) is 18.2 Å². The van der Waals surface area contributed by atoms with Gasteiger partial charge in [0.25, 0.3) is 0 Å². The van der Waals surface area contributed by atoms with E-state index in [1.54, 1.807) is 11.3 Å². The molecule has 0 radical (unpaired) electrons. The predicted molar refractivity (Wildman–Crippen MR) is 102 cm³/mol. The number of amides is 1. The Labute approximate surface area is 152 Å². The lowest BCUT2D eigenvalue weighted by atomic mass is 9.94. The zero-order chi connectivity index (χ0) is 18.4. The van der Waals surface area contributed by atoms with Crippen LogP contribution < -0.4 is 11.1 Å². The summed E-state index contributed by atoms with van der Waals surface area (Å²) in [6, 6.07) is 7.43. The van der Waals surface area contributed by atoms with Gasteiger partial charge in [0.05, 0.1) is 6.04 Å². The van der Waals surface area contributed by atoms with Crippen LogP contribution in [-0.2, 0) is 16.0 Å². The number of carbonyl (C=O) groups is 2. The van der Waals surface area contributed by atoms with Crippen molar-refractivity contribution in [2.45, 2.75) is 39.2 Å². The van der Waals surface area contributed by atoms with Gasteiger partial charge in [-0.25, -0.2) is 0 Å². The molecule has 25 heavy (non-hydrogen) atoms. The number of fused-ring (bicyclic) bond motifs is 1. The lowest BCUT2D eigenvalue weighted by molar-refractivity contribution is -0.138. The smallest absolute Gasteiger partial charge is 0.303 e. The van der Waals surface area contributed by atoms with Gasteiger partial charge in [-0.15, -0.1) is 11.3 Å². The topological polar surface area (TPSA) is 92.4 Å². The minimum atomic E-state index is -0.839. The van der Waals surface area contributed by atoms with Crippen LogP contribution in [0.2, 0.25) is 0 Å². The fraction of sp³-hybridized carbons (Fsp3) is 0.474. The van der Waals surface area contributed by atoms with Crippen LogP contribution in [0.4, 0.5) is 0 Å². The second-order valence-electron chi connectivity index (χ2n) is 6.91. The second-order valence-corrected chi connectivity index (χ2v) is 7.82. The van der Waals surface area contributed by atoms with E-state index in [1.807, 2.05) is 37.4 Å². The maximum Gasteiger partial charge on any atom is 0.303 e. The SMILES string of the molecule is CC(C)C[C@H](CNC(=O)[C@H](N)Cc1csc2ccccc12)CC(=O)O. The lowest BCUT2D eigenvalue weighted by Gasteiger charge is -2.19. The van der Waals surface area contributed by atoms with Crippen molar-refractivity contribution in [3.05, 3.63) is 35.2 Å². The number of carboxylic acid groups (broad SMARTS) is 1. The van der Waals surface area contributed by atoms with Gasteiger partial charge in [-0.05, 0) is 47.1 Å². The summed E-state index contributed by atoms with van der Waals surface area (Å²) in [6.07, 6.45) is 1.30. The number of aliphatic carboxylic acids is 1. The molecule has 2 atom stereocenters. The Balaban J connectivity index is 1.91. The van der Waals surface area contributed by atoms with Gasteiger partial charge in [0.1, 0.15) is 0 Å². The molecule has 0 aliphatic carbocycles. The van der Waals surface area contributed by atoms with E-state index in [1.165, 1.54) is 4.70 Å². The van der Waals surface area contributed by atoms with Crippen LogP contribution in [0.15, 0.2) is 29.6 Å². The molecule has 5 nitrogen and oxygen atoms in total. The molecule has 0 unspecified atom stereocenters. The first-order valence-electron chi connectivity index (χ1n) is 8.57. The van der Waals surface area contributed by atoms with Gasteiger partial charge in [0, 0.05) is 17.7 Å². The molecule has 0 fully saturated rings. The molecule has 1 heterocycles. The van der Waals surface area contributed by atoms with Crippen molar-refractivity contribution in [3.8, 4) is 0 Å². The minimum Gasteiger partial charge on any atom is -0.481 e. The van der Waals surface area contributed by atoms with Crippen molar-refractivity contribution in [2.75, 3.05) is 6.54 Å². The number of benzene rings is 1. The summed E-state index contributed by atoms with van der Waals surface area (Å²) in [5.74, 6) is -0.758. The Kier molecular flexibility index (Phi) is 6.96. The van der Waals surface area contributed by atoms with Crippen LogP contribution in [0.25, 0.3) is 10.1 Å². The van der Waals surface area contributed by atoms with Crippen molar-refractivity contribution < 1.29 is 14.7 Å². The molecule has 2 aromatic rings. The van der Waals surface area contributed by atoms with Crippen molar-refractivity contribution in [3.63, 3.8) is 0 Å². The summed E-state index contributed by atoms with van der Waals surface area (Å²) >= 11 is 1.65. The summed E-state index contributed by atoms with van der Waals surface area (Å²) in [6.45, 7) is 4.44. The van der Waals surface area contributed by atoms with Gasteiger partial charge >= 0.3 is 5.97 Å². The molecule has 0 spiro atoms. The van der Waals surface area contributed by atoms with Crippen LogP contribution in [-0.4, -0.2) is 29.6 Å². The Morgan fingerprint density at radius 2 is 2.00 bits per heavy atom. The van der Waals surface area contributed by atoms with Gasteiger partial charge < -0.3 is 16.2 Å². The second kappa shape index (κ2) is 8.97. The first-order valence-corrected chi connectivity index (χ1v) is 9.45. The number of carboxylic acids is 1. The summed E-state index contributed by atoms with van der Waals surface area (Å²) in [5, 5.41) is 15.0. The Hall–Kier alpha value is -1.92. The summed E-state index contributed by atoms with van der Waals surface area (Å²) in [5.41, 5.74) is 7.14. The summed E-state index contributed by atoms with van der Waals surface area (Å²) < 4.78 is 1.18. The third kappa shape index (κ3) is 5.83. The highest BCUT2D eigenvalue weighted by Crippen LogP contribution is 2.26. The van der Waals surface area contributed by atoms with Gasteiger partial charge in [-0.1, -0.05) is 32.0 Å². The number of rotatable bonds is 9. The normalized spacial score (nSPS) is 13.8. The Bertz CT molecular complexity index is 726. The van der Waals surface area contributed by atoms with E-state index in [9.17, 15) is 9.59 Å². The Morgan fingerprint density at radius 1 is 1.28 bits per heavy atom. The Morgan fingerprint density at radius 3 is 2.68 bits per heavy atom. The lowest BCUT2D eigenvalue weighted by Crippen LogP contribution is -2.44. The van der Waals surface area contributed by atoms with Crippen LogP contribution in [0.1, 0.15) is 32.3 Å². The molecule has 1 amide bonds. The first-order chi connectivity index (χ1) is 11.9. The van der Waals surface area contributed by atoms with E-state index in [2.05, 4.69) is 11.4 Å². The number of nitrogens with two attached hydrogens (primary N) is 1. The standard InChI is InChI=1S/C19H26N2O3S/c1-12(2)7-13(8-18(22)23)10-21-19(24)16(20)9-14-11-25-17-6-4-3-5-15(14)17/h3-6,11-13,16H,7-10,20H2,1-2H3,(H,21,24)(H,22,23)/t13-,16+/m0/s1. The average Bonchev–Trinajstić information content (AvgIpc) is 2.94. The maximum atomic E-state index is 12.3. The van der Waals surface area contributed by atoms with E-state index in [0.717, 1.165) is 17.4 Å². The van der Waals surface area contributed by atoms with Crippen LogP contribution in [0, 0.1) is 11.8 Å². The molecule has 6 heteroatoms. The zero-order valence-electron chi connectivity index (χ0n) is 14.7. The number of carbonyl (C=O) groups excluding carboxylic acids is 1. The maximum absolute atomic E-state index is 12.3. The largest absolute Gasteiger partial charge is 0.481 e. The van der Waals surface area contributed by atoms with E-state index < -0.39 is 12.0 Å². The highest BCUT2D eigenvalue weighted by molar-refractivity contribution is 7.17. The molecule has 0 saturated carbocycles. The molecule has 0 saturated heterocycles. The van der Waals surface area contributed by atoms with E-state index >= 15 is 0 Å². The monoisotopic (exact) mass is 362 g/mol. The number of hydrogen-bond acceptors (Lipinski definition) is 4. The van der Waals surface area contributed by atoms with E-state index in [0.29, 0.717) is 18.9 Å². The molecule has 0 bridgehead atoms. The highest BCUT2D eigenvalue weighted by atomic mass is 32.1. The van der Waals surface area contributed by atoms with Crippen LogP contribution in [0.3, 0.4) is 0 Å². The molecular formula is C19H26N2O3S. The van der Waals surface area contributed by atoms with Gasteiger partial charge in [0.2, 0.25) is 5.91 Å². The molecule has 0 aliphatic rings. The van der Waals surface area contributed by atoms with Crippen LogP contribution in [0.5, 0.6) is 0 Å². The minimum absolute atomic E-state index is 0.0584. The van der Waals surface area contributed by atoms with Crippen molar-refractivity contribution in [1.29, 1.82) is 0 Å². The van der Waals surface area contributed by atoms with Gasteiger partial charge in [0.15, 0.2) is 0 Å². The van der Waals surface area contributed by atoms with Crippen molar-refractivity contribution >= 4 is 33.3 Å². The zero-order valence-corrected chi connectivity index (χ0v) is 15.5. The number of nitrogens with one attached hydrogen (secondary N) is 1. The third-order valence-corrected chi connectivity index (χ3v) is 5.18. The summed E-state index contributed by atoms with van der Waals surface area (Å²) in [7, 11) is 0. The molecule has 1 aromatic heterocycles.